The number of carbonyl (C=O) groups excluding carboxylic acids is 3. The Labute approximate surface area is 266 Å². The molecule has 6 atom stereocenters. The number of amides is 2. The van der Waals surface area contributed by atoms with Crippen LogP contribution in [0.3, 0.4) is 0 Å². The summed E-state index contributed by atoms with van der Waals surface area (Å²) in [6, 6.07) is 13.3. The number of esters is 1. The average Bonchev–Trinajstić information content (AvgIpc) is 3.60. The molecule has 2 aromatic carbocycles. The second-order valence-corrected chi connectivity index (χ2v) is 14.4. The molecule has 7 nitrogen and oxygen atoms in total. The van der Waals surface area contributed by atoms with E-state index in [2.05, 4.69) is 29.1 Å². The summed E-state index contributed by atoms with van der Waals surface area (Å²) >= 11 is 5.46. The molecule has 0 aromatic heterocycles. The van der Waals surface area contributed by atoms with E-state index < -0.39 is 22.6 Å². The van der Waals surface area contributed by atoms with E-state index in [1.54, 1.807) is 33.7 Å². The lowest BCUT2D eigenvalue weighted by Gasteiger charge is -2.38. The number of likely N-dealkylation sites (tertiary alicyclic amines) is 1. The first-order chi connectivity index (χ1) is 20.9. The molecule has 0 saturated carbocycles. The molecule has 0 radical (unpaired) electrons. The number of fused-ring (bicyclic) bond motifs is 2. The van der Waals surface area contributed by atoms with Crippen molar-refractivity contribution < 1.29 is 24.2 Å². The van der Waals surface area contributed by atoms with Crippen molar-refractivity contribution >= 4 is 61.9 Å². The number of aliphatic hydroxyl groups is 1. The number of rotatable bonds is 15. The number of unbranched alkanes of at least 4 members (excludes halogenated alkanes) is 4. The van der Waals surface area contributed by atoms with E-state index in [0.29, 0.717) is 32.4 Å². The Bertz CT molecular complexity index is 1370. The number of allylic oxidation sites excluding steroid dienone is 1. The number of hydrogen-bond acceptors (Lipinski definition) is 6. The van der Waals surface area contributed by atoms with Gasteiger partial charge in [0.25, 0.3) is 5.91 Å². The Morgan fingerprint density at radius 3 is 2.60 bits per heavy atom. The van der Waals surface area contributed by atoms with Crippen molar-refractivity contribution in [2.45, 2.75) is 65.8 Å². The van der Waals surface area contributed by atoms with Gasteiger partial charge in [0, 0.05) is 35.5 Å². The van der Waals surface area contributed by atoms with Crippen molar-refractivity contribution in [2.24, 2.45) is 11.8 Å². The maximum Gasteiger partial charge on any atom is 0.310 e. The Morgan fingerprint density at radius 2 is 1.86 bits per heavy atom. The minimum Gasteiger partial charge on any atom is -0.465 e. The zero-order chi connectivity index (χ0) is 30.6. The second kappa shape index (κ2) is 14.0. The van der Waals surface area contributed by atoms with Crippen molar-refractivity contribution in [3.05, 3.63) is 67.8 Å². The maximum atomic E-state index is 14.8. The monoisotopic (exact) mass is 668 g/mol. The molecule has 230 valence electrons. The first-order valence-corrected chi connectivity index (χ1v) is 17.1. The van der Waals surface area contributed by atoms with E-state index in [0.717, 1.165) is 42.1 Å². The number of benzene rings is 2. The minimum atomic E-state index is -0.737. The lowest BCUT2D eigenvalue weighted by molar-refractivity contribution is -0.154. The summed E-state index contributed by atoms with van der Waals surface area (Å²) in [6.45, 7) is 8.82. The first-order valence-electron chi connectivity index (χ1n) is 15.3. The largest absolute Gasteiger partial charge is 0.465 e. The fraction of sp³-hybridized carbons (Fsp3) is 0.500. The zero-order valence-electron chi connectivity index (χ0n) is 24.5. The molecule has 3 heterocycles. The predicted octanol–water partition coefficient (Wildman–Crippen LogP) is 5.89. The average molecular weight is 670 g/mol. The molecule has 43 heavy (non-hydrogen) atoms. The van der Waals surface area contributed by atoms with Crippen LogP contribution < -0.4 is 4.90 Å². The highest BCUT2D eigenvalue weighted by Crippen LogP contribution is 2.68. The lowest BCUT2D eigenvalue weighted by atomic mass is 9.71. The molecule has 3 aliphatic rings. The van der Waals surface area contributed by atoms with Gasteiger partial charge in [-0.2, -0.15) is 0 Å². The molecule has 1 spiro atoms. The predicted molar refractivity (Wildman–Crippen MR) is 176 cm³/mol. The van der Waals surface area contributed by atoms with Crippen LogP contribution in [0.15, 0.2) is 67.8 Å². The minimum absolute atomic E-state index is 0.0133. The number of alkyl halides is 1. The highest BCUT2D eigenvalue weighted by molar-refractivity contribution is 9.09. The fourth-order valence-corrected chi connectivity index (χ4v) is 10.7. The Balaban J connectivity index is 1.50. The molecular formula is C34H41BrN2O5S. The van der Waals surface area contributed by atoms with Crippen LogP contribution in [0.5, 0.6) is 0 Å². The molecule has 3 saturated heterocycles. The third-order valence-corrected chi connectivity index (χ3v) is 12.2. The van der Waals surface area contributed by atoms with Crippen molar-refractivity contribution in [1.29, 1.82) is 0 Å². The third kappa shape index (κ3) is 6.05. The maximum absolute atomic E-state index is 14.8. The highest BCUT2D eigenvalue weighted by atomic mass is 79.9. The smallest absolute Gasteiger partial charge is 0.310 e. The molecule has 2 aromatic rings. The van der Waals surface area contributed by atoms with Crippen molar-refractivity contribution in [2.75, 3.05) is 31.2 Å². The van der Waals surface area contributed by atoms with Crippen LogP contribution in [0.25, 0.3) is 10.8 Å². The third-order valence-electron chi connectivity index (χ3n) is 9.02. The normalized spacial score (nSPS) is 27.3. The summed E-state index contributed by atoms with van der Waals surface area (Å²) in [5.74, 6) is -1.84. The number of ether oxygens (including phenoxy) is 1. The van der Waals surface area contributed by atoms with Crippen LogP contribution in [0, 0.1) is 11.8 Å². The van der Waals surface area contributed by atoms with Crippen molar-refractivity contribution in [3.63, 3.8) is 0 Å². The van der Waals surface area contributed by atoms with Crippen LogP contribution in [-0.2, 0) is 19.1 Å². The molecule has 5 rings (SSSR count). The number of thioether (sulfide) groups is 1. The van der Waals surface area contributed by atoms with E-state index in [1.165, 1.54) is 0 Å². The lowest BCUT2D eigenvalue weighted by Crippen LogP contribution is -2.55. The Hall–Kier alpha value is -2.62. The molecule has 0 aliphatic carbocycles. The summed E-state index contributed by atoms with van der Waals surface area (Å²) in [5.41, 5.74) is 0.755. The van der Waals surface area contributed by atoms with E-state index in [-0.39, 0.29) is 41.1 Å². The van der Waals surface area contributed by atoms with Gasteiger partial charge in [-0.05, 0) is 55.0 Å². The van der Waals surface area contributed by atoms with Gasteiger partial charge in [0.05, 0.1) is 23.2 Å². The molecule has 2 amide bonds. The molecular weight excluding hydrogens is 628 g/mol. The van der Waals surface area contributed by atoms with Gasteiger partial charge in [-0.1, -0.05) is 71.3 Å². The van der Waals surface area contributed by atoms with Gasteiger partial charge >= 0.3 is 5.97 Å². The second-order valence-electron chi connectivity index (χ2n) is 11.7. The van der Waals surface area contributed by atoms with Crippen LogP contribution in [0.4, 0.5) is 5.69 Å². The molecule has 3 aliphatic heterocycles. The standard InChI is InChI=1S/C34H41BrN2O5S/c1-3-5-12-20-42-33(41)27-28-31(39)37(18-10-6-7-11-19-38)30(34(28)22-26(35)29(27)43-34)32(40)36(17-4-2)25-16-15-23-13-8-9-14-24(23)21-25/h3-4,8-9,13-16,21,26-30,38H,1-2,5-7,10-12,17-20,22H2/t26?,27-,28+,29-,30?,34?/m1/s1. The number of nitrogens with zero attached hydrogens (tertiary/aromatic N) is 2. The fourth-order valence-electron chi connectivity index (χ4n) is 7.11. The number of anilines is 1. The zero-order valence-corrected chi connectivity index (χ0v) is 26.9. The van der Waals surface area contributed by atoms with Gasteiger partial charge < -0.3 is 19.6 Å². The topological polar surface area (TPSA) is 87.2 Å². The summed E-state index contributed by atoms with van der Waals surface area (Å²) in [6.07, 6.45) is 8.69. The van der Waals surface area contributed by atoms with Crippen molar-refractivity contribution in [1.82, 2.24) is 4.90 Å². The van der Waals surface area contributed by atoms with Crippen LogP contribution >= 0.6 is 27.7 Å². The Kier molecular flexibility index (Phi) is 10.3. The first kappa shape index (κ1) is 31.8. The number of halogens is 1. The summed E-state index contributed by atoms with van der Waals surface area (Å²) < 4.78 is 4.97. The van der Waals surface area contributed by atoms with Crippen molar-refractivity contribution in [3.8, 4) is 0 Å². The van der Waals surface area contributed by atoms with Gasteiger partial charge in [0.15, 0.2) is 0 Å². The summed E-state index contributed by atoms with van der Waals surface area (Å²) in [4.78, 5) is 46.2. The molecule has 2 bridgehead atoms. The number of carbonyl (C=O) groups is 3. The quantitative estimate of drug-likeness (QED) is 0.110. The van der Waals surface area contributed by atoms with Crippen LogP contribution in [0.2, 0.25) is 0 Å². The number of aliphatic hydroxyl groups excluding tert-OH is 1. The molecule has 3 fully saturated rings. The molecule has 9 heteroatoms. The Morgan fingerprint density at radius 1 is 1.09 bits per heavy atom. The van der Waals surface area contributed by atoms with Gasteiger partial charge in [-0.25, -0.2) is 0 Å². The van der Waals surface area contributed by atoms with E-state index in [4.69, 9.17) is 4.74 Å². The SMILES string of the molecule is C=CCCCOC(=O)[C@H]1[C@@H]2SC3(CC2Br)C(C(=O)N(CC=C)c2ccc4ccccc4c2)N(CCCCCCO)C(=O)[C@H]13. The summed E-state index contributed by atoms with van der Waals surface area (Å²) in [5, 5.41) is 11.2. The molecule has 3 unspecified atom stereocenters. The van der Waals surface area contributed by atoms with Gasteiger partial charge in [-0.15, -0.1) is 24.9 Å². The van der Waals surface area contributed by atoms with E-state index in [1.807, 2.05) is 42.5 Å². The van der Waals surface area contributed by atoms with E-state index in [9.17, 15) is 19.5 Å². The van der Waals surface area contributed by atoms with Gasteiger partial charge in [0.2, 0.25) is 5.91 Å². The van der Waals surface area contributed by atoms with Gasteiger partial charge in [-0.3, -0.25) is 14.4 Å². The summed E-state index contributed by atoms with van der Waals surface area (Å²) in [7, 11) is 0. The van der Waals surface area contributed by atoms with Crippen LogP contribution in [0.1, 0.15) is 44.9 Å². The highest BCUT2D eigenvalue weighted by Gasteiger charge is 2.76. The molecule has 1 N–H and O–H groups in total. The van der Waals surface area contributed by atoms with E-state index >= 15 is 0 Å². The van der Waals surface area contributed by atoms with Gasteiger partial charge in [0.1, 0.15) is 6.04 Å². The van der Waals surface area contributed by atoms with Crippen LogP contribution in [-0.4, -0.2) is 75.0 Å². The number of hydrogen-bond donors (Lipinski definition) is 1.